The van der Waals surface area contributed by atoms with E-state index in [0.29, 0.717) is 11.4 Å². The van der Waals surface area contributed by atoms with Crippen LogP contribution in [0.2, 0.25) is 0 Å². The molecule has 6 heteroatoms. The summed E-state index contributed by atoms with van der Waals surface area (Å²) in [4.78, 5) is 23.5. The maximum Gasteiger partial charge on any atom is 0.336 e. The van der Waals surface area contributed by atoms with Gasteiger partial charge < -0.3 is 10.4 Å². The van der Waals surface area contributed by atoms with Crippen molar-refractivity contribution in [3.63, 3.8) is 0 Å². The Hall–Kier alpha value is -3.80. The number of carbonyl (C=O) groups is 2. The quantitative estimate of drug-likeness (QED) is 0.634. The number of azo groups is 1. The second-order valence-electron chi connectivity index (χ2n) is 5.39. The van der Waals surface area contributed by atoms with Gasteiger partial charge in [-0.2, -0.15) is 10.2 Å². The van der Waals surface area contributed by atoms with E-state index in [0.717, 1.165) is 5.69 Å². The number of rotatable bonds is 5. The molecule has 128 valence electrons. The first-order chi connectivity index (χ1) is 12.6. The van der Waals surface area contributed by atoms with Gasteiger partial charge in [0.25, 0.3) is 5.91 Å². The standard InChI is InChI=1S/C20H15N3O3/c24-19(17-8-4-5-9-18(17)20(25)26)21-14-10-12-16(13-11-14)23-22-15-6-2-1-3-7-15/h1-13H,(H,21,24)(H,25,26). The van der Waals surface area contributed by atoms with Crippen molar-refractivity contribution < 1.29 is 14.7 Å². The molecule has 0 saturated heterocycles. The number of hydrogen-bond donors (Lipinski definition) is 2. The third kappa shape index (κ3) is 4.18. The smallest absolute Gasteiger partial charge is 0.336 e. The highest BCUT2D eigenvalue weighted by atomic mass is 16.4. The van der Waals surface area contributed by atoms with Crippen LogP contribution in [-0.2, 0) is 0 Å². The fourth-order valence-corrected chi connectivity index (χ4v) is 2.29. The number of amides is 1. The van der Waals surface area contributed by atoms with E-state index in [1.54, 1.807) is 36.4 Å². The molecular weight excluding hydrogens is 330 g/mol. The van der Waals surface area contributed by atoms with E-state index >= 15 is 0 Å². The van der Waals surface area contributed by atoms with E-state index in [1.165, 1.54) is 12.1 Å². The molecule has 3 rings (SSSR count). The Morgan fingerprint density at radius 3 is 1.85 bits per heavy atom. The second-order valence-corrected chi connectivity index (χ2v) is 5.39. The maximum atomic E-state index is 12.3. The van der Waals surface area contributed by atoms with Crippen molar-refractivity contribution in [2.45, 2.75) is 0 Å². The number of nitrogens with one attached hydrogen (secondary N) is 1. The van der Waals surface area contributed by atoms with Crippen LogP contribution in [0.25, 0.3) is 0 Å². The van der Waals surface area contributed by atoms with Crippen LogP contribution in [0.4, 0.5) is 17.1 Å². The molecule has 6 nitrogen and oxygen atoms in total. The SMILES string of the molecule is O=C(O)c1ccccc1C(=O)Nc1ccc(N=Nc2ccccc2)cc1. The summed E-state index contributed by atoms with van der Waals surface area (Å²) in [5.74, 6) is -1.63. The van der Waals surface area contributed by atoms with E-state index in [-0.39, 0.29) is 11.1 Å². The fourth-order valence-electron chi connectivity index (χ4n) is 2.29. The van der Waals surface area contributed by atoms with Crippen LogP contribution in [0, 0.1) is 0 Å². The lowest BCUT2D eigenvalue weighted by Crippen LogP contribution is -2.16. The lowest BCUT2D eigenvalue weighted by atomic mass is 10.1. The summed E-state index contributed by atoms with van der Waals surface area (Å²) in [6.07, 6.45) is 0. The topological polar surface area (TPSA) is 91.1 Å². The van der Waals surface area contributed by atoms with Crippen LogP contribution < -0.4 is 5.32 Å². The number of carboxylic acid groups (broad SMARTS) is 1. The third-order valence-corrected chi connectivity index (χ3v) is 3.56. The molecule has 0 aliphatic heterocycles. The summed E-state index contributed by atoms with van der Waals surface area (Å²) in [6.45, 7) is 0. The van der Waals surface area contributed by atoms with Crippen LogP contribution in [0.15, 0.2) is 89.1 Å². The molecule has 0 saturated carbocycles. The van der Waals surface area contributed by atoms with Crippen LogP contribution in [0.3, 0.4) is 0 Å². The first kappa shape index (κ1) is 17.0. The number of hydrogen-bond acceptors (Lipinski definition) is 4. The zero-order valence-corrected chi connectivity index (χ0v) is 13.7. The highest BCUT2D eigenvalue weighted by molar-refractivity contribution is 6.10. The lowest BCUT2D eigenvalue weighted by Gasteiger charge is -2.07. The van der Waals surface area contributed by atoms with Crippen molar-refractivity contribution in [3.8, 4) is 0 Å². The van der Waals surface area contributed by atoms with Gasteiger partial charge in [0, 0.05) is 5.69 Å². The summed E-state index contributed by atoms with van der Waals surface area (Å²) in [6, 6.07) is 22.2. The van der Waals surface area contributed by atoms with E-state index in [9.17, 15) is 9.59 Å². The van der Waals surface area contributed by atoms with Crippen molar-refractivity contribution in [1.29, 1.82) is 0 Å². The molecule has 0 unspecified atom stereocenters. The van der Waals surface area contributed by atoms with Gasteiger partial charge in [-0.3, -0.25) is 4.79 Å². The van der Waals surface area contributed by atoms with Crippen molar-refractivity contribution in [2.75, 3.05) is 5.32 Å². The molecule has 1 amide bonds. The van der Waals surface area contributed by atoms with Gasteiger partial charge in [-0.1, -0.05) is 30.3 Å². The number of carbonyl (C=O) groups excluding carboxylic acids is 1. The maximum absolute atomic E-state index is 12.3. The molecule has 2 N–H and O–H groups in total. The Morgan fingerprint density at radius 1 is 0.692 bits per heavy atom. The van der Waals surface area contributed by atoms with Crippen LogP contribution >= 0.6 is 0 Å². The number of aromatic carboxylic acids is 1. The van der Waals surface area contributed by atoms with Crippen LogP contribution in [0.5, 0.6) is 0 Å². The summed E-state index contributed by atoms with van der Waals surface area (Å²) >= 11 is 0. The average molecular weight is 345 g/mol. The Labute approximate surface area is 149 Å². The Balaban J connectivity index is 1.71. The Kier molecular flexibility index (Phi) is 5.14. The van der Waals surface area contributed by atoms with E-state index in [1.807, 2.05) is 30.3 Å². The lowest BCUT2D eigenvalue weighted by molar-refractivity contribution is 0.0692. The van der Waals surface area contributed by atoms with Gasteiger partial charge in [-0.05, 0) is 48.5 Å². The molecule has 0 aliphatic carbocycles. The molecule has 0 fully saturated rings. The molecule has 0 atom stereocenters. The molecule has 0 aromatic heterocycles. The van der Waals surface area contributed by atoms with E-state index in [2.05, 4.69) is 15.5 Å². The predicted octanol–water partition coefficient (Wildman–Crippen LogP) is 5.05. The van der Waals surface area contributed by atoms with Crippen molar-refractivity contribution in [1.82, 2.24) is 0 Å². The molecule has 3 aromatic carbocycles. The van der Waals surface area contributed by atoms with Crippen LogP contribution in [0.1, 0.15) is 20.7 Å². The van der Waals surface area contributed by atoms with E-state index < -0.39 is 11.9 Å². The molecule has 0 aliphatic rings. The van der Waals surface area contributed by atoms with Gasteiger partial charge in [0.05, 0.1) is 22.5 Å². The molecule has 0 spiro atoms. The largest absolute Gasteiger partial charge is 0.478 e. The Bertz CT molecular complexity index is 952. The molecule has 0 radical (unpaired) electrons. The van der Waals surface area contributed by atoms with Crippen molar-refractivity contribution in [3.05, 3.63) is 90.0 Å². The molecule has 0 bridgehead atoms. The van der Waals surface area contributed by atoms with Gasteiger partial charge >= 0.3 is 5.97 Å². The normalized spacial score (nSPS) is 10.6. The first-order valence-electron chi connectivity index (χ1n) is 7.84. The summed E-state index contributed by atoms with van der Waals surface area (Å²) in [5, 5.41) is 20.1. The van der Waals surface area contributed by atoms with Gasteiger partial charge in [0.2, 0.25) is 0 Å². The first-order valence-corrected chi connectivity index (χ1v) is 7.84. The Morgan fingerprint density at radius 2 is 1.23 bits per heavy atom. The van der Waals surface area contributed by atoms with Gasteiger partial charge in [0.15, 0.2) is 0 Å². The average Bonchev–Trinajstić information content (AvgIpc) is 2.68. The van der Waals surface area contributed by atoms with Gasteiger partial charge in [-0.15, -0.1) is 0 Å². The molecule has 3 aromatic rings. The summed E-state index contributed by atoms with van der Waals surface area (Å²) < 4.78 is 0. The minimum Gasteiger partial charge on any atom is -0.478 e. The van der Waals surface area contributed by atoms with Gasteiger partial charge in [-0.25, -0.2) is 4.79 Å². The van der Waals surface area contributed by atoms with E-state index in [4.69, 9.17) is 5.11 Å². The number of carboxylic acids is 1. The zero-order chi connectivity index (χ0) is 18.4. The van der Waals surface area contributed by atoms with Crippen LogP contribution in [-0.4, -0.2) is 17.0 Å². The number of nitrogens with zero attached hydrogens (tertiary/aromatic N) is 2. The predicted molar refractivity (Wildman–Crippen MR) is 98.4 cm³/mol. The highest BCUT2D eigenvalue weighted by Gasteiger charge is 2.15. The highest BCUT2D eigenvalue weighted by Crippen LogP contribution is 2.20. The second kappa shape index (κ2) is 7.85. The van der Waals surface area contributed by atoms with Crippen molar-refractivity contribution in [2.24, 2.45) is 10.2 Å². The summed E-state index contributed by atoms with van der Waals surface area (Å²) in [5.41, 5.74) is 1.98. The number of anilines is 1. The van der Waals surface area contributed by atoms with Gasteiger partial charge in [0.1, 0.15) is 0 Å². The minimum absolute atomic E-state index is 0.0433. The number of benzene rings is 3. The zero-order valence-electron chi connectivity index (χ0n) is 13.7. The molecule has 26 heavy (non-hydrogen) atoms. The fraction of sp³-hybridized carbons (Fsp3) is 0. The molecule has 0 heterocycles. The van der Waals surface area contributed by atoms with Crippen molar-refractivity contribution >= 4 is 28.9 Å². The molecular formula is C20H15N3O3. The monoisotopic (exact) mass is 345 g/mol. The third-order valence-electron chi connectivity index (χ3n) is 3.56. The minimum atomic E-state index is -1.15. The summed E-state index contributed by atoms with van der Waals surface area (Å²) in [7, 11) is 0.